The Hall–Kier alpha value is -3.41. The molecule has 4 aromatic rings. The van der Waals surface area contributed by atoms with Gasteiger partial charge in [-0.2, -0.15) is 35.8 Å². The number of rotatable bonds is 13. The summed E-state index contributed by atoms with van der Waals surface area (Å²) in [5, 5.41) is -6.24. The van der Waals surface area contributed by atoms with Crippen molar-refractivity contribution in [2.75, 3.05) is 14.2 Å². The maximum atomic E-state index is 13.9. The maximum absolute atomic E-state index is 13.9. The minimum atomic E-state index is -6.57. The number of halogens is 6. The van der Waals surface area contributed by atoms with Crippen molar-refractivity contribution in [1.29, 1.82) is 0 Å². The molecule has 0 aliphatic carbocycles. The molecular formula is C37H39F6O7OsS2+. The molecule has 2 unspecified atom stereocenters. The molecule has 7 nitrogen and oxygen atoms in total. The average molecular weight is 964 g/mol. The fourth-order valence-electron chi connectivity index (χ4n) is 4.61. The molecule has 16 heteroatoms. The third kappa shape index (κ3) is 11.5. The van der Waals surface area contributed by atoms with Crippen molar-refractivity contribution in [3.05, 3.63) is 133 Å². The zero-order chi connectivity index (χ0) is 40.1. The molecule has 4 aromatic carbocycles. The van der Waals surface area contributed by atoms with Crippen molar-refractivity contribution in [3.63, 3.8) is 0 Å². The first-order valence-corrected chi connectivity index (χ1v) is 20.3. The van der Waals surface area contributed by atoms with Crippen LogP contribution in [0.4, 0.5) is 26.3 Å². The second-order valence-corrected chi connectivity index (χ2v) is 15.5. The van der Waals surface area contributed by atoms with Gasteiger partial charge in [-0.1, -0.05) is 50.2 Å². The summed E-state index contributed by atoms with van der Waals surface area (Å²) in [6.07, 6.45) is -5.91. The van der Waals surface area contributed by atoms with Gasteiger partial charge in [0, 0.05) is 25.3 Å². The molecule has 0 fully saturated rings. The van der Waals surface area contributed by atoms with Gasteiger partial charge in [-0.05, 0) is 67.8 Å². The summed E-state index contributed by atoms with van der Waals surface area (Å²) in [6.45, 7) is 10.5. The summed E-state index contributed by atoms with van der Waals surface area (Å²) in [7, 11) is -4.16. The molecule has 0 amide bonds. The SMILES string of the molecule is COC(C)c1cc(C(C)C)cc(C(C)OC)c1OS(=O)(=O)C(F)(F)C(F)(F)[C-](F)F.[CH2-]c1cccc([S+](c2ccccc2)c2ccccc2)c1.[O]=[Os+2]=[O]. The van der Waals surface area contributed by atoms with Gasteiger partial charge >= 0.3 is 39.8 Å². The summed E-state index contributed by atoms with van der Waals surface area (Å²) in [6, 6.07) is 32.6. The van der Waals surface area contributed by atoms with Gasteiger partial charge in [-0.3, -0.25) is 0 Å². The summed E-state index contributed by atoms with van der Waals surface area (Å²) < 4.78 is 135. The van der Waals surface area contributed by atoms with Crippen molar-refractivity contribution in [3.8, 4) is 5.75 Å². The Balaban J connectivity index is 0.000000362. The Morgan fingerprint density at radius 3 is 1.49 bits per heavy atom. The van der Waals surface area contributed by atoms with E-state index in [1.165, 1.54) is 54.9 Å². The second kappa shape index (κ2) is 20.3. The van der Waals surface area contributed by atoms with E-state index < -0.39 is 63.0 Å². The number of methoxy groups -OCH3 is 2. The van der Waals surface area contributed by atoms with E-state index in [1.54, 1.807) is 13.8 Å². The van der Waals surface area contributed by atoms with Crippen molar-refractivity contribution < 1.29 is 72.8 Å². The Morgan fingerprint density at radius 1 is 0.717 bits per heavy atom. The van der Waals surface area contributed by atoms with Crippen LogP contribution in [0.5, 0.6) is 5.75 Å². The Morgan fingerprint density at radius 2 is 1.13 bits per heavy atom. The molecule has 0 spiro atoms. The fourth-order valence-corrected chi connectivity index (χ4v) is 7.68. The minimum absolute atomic E-state index is 0.0602. The van der Waals surface area contributed by atoms with Gasteiger partial charge in [-0.15, -0.1) is 12.1 Å². The number of benzene rings is 4. The van der Waals surface area contributed by atoms with Crippen LogP contribution in [-0.2, 0) is 54.9 Å². The molecule has 0 bridgehead atoms. The van der Waals surface area contributed by atoms with Gasteiger partial charge in [0.1, 0.15) is 4.90 Å². The molecule has 0 aromatic heterocycles. The molecule has 0 N–H and O–H groups in total. The van der Waals surface area contributed by atoms with Crippen molar-refractivity contribution in [2.24, 2.45) is 0 Å². The first-order chi connectivity index (χ1) is 24.8. The molecule has 4 rings (SSSR count). The first kappa shape index (κ1) is 45.7. The summed E-state index contributed by atoms with van der Waals surface area (Å²) >= 11 is -2.08. The van der Waals surface area contributed by atoms with E-state index in [9.17, 15) is 34.8 Å². The summed E-state index contributed by atoms with van der Waals surface area (Å²) in [5.74, 6) is -7.12. The van der Waals surface area contributed by atoms with E-state index in [-0.39, 0.29) is 27.9 Å². The van der Waals surface area contributed by atoms with Crippen molar-refractivity contribution in [1.82, 2.24) is 0 Å². The molecule has 2 atom stereocenters. The van der Waals surface area contributed by atoms with Gasteiger partial charge in [0.2, 0.25) is 0 Å². The van der Waals surface area contributed by atoms with Gasteiger partial charge in [-0.25, -0.2) is 8.78 Å². The summed E-state index contributed by atoms with van der Waals surface area (Å²) in [5.41, 5.74) is 1.56. The number of alkyl halides is 4. The topological polar surface area (TPSA) is 96.0 Å². The van der Waals surface area contributed by atoms with E-state index in [4.69, 9.17) is 16.6 Å². The third-order valence-electron chi connectivity index (χ3n) is 7.62. The standard InChI is InChI=1S/C19H16S.C18H23F6O5S.2O.Os/c1-16-9-8-14-19(15-16)20(17-10-4-2-5-11-17)18-12-6-3-7-13-18;1-9(2)12-7-13(10(3)27-5)15(14(8-12)11(4)28-6)29-30(25,26)18(23,24)17(21,22)16(19)20;;;/h2-15H,1H2;7-11H,1-6H3;;;/q;-1;;;+2. The first-order valence-electron chi connectivity index (χ1n) is 15.6. The van der Waals surface area contributed by atoms with Crippen LogP contribution in [-0.4, -0.2) is 33.8 Å². The summed E-state index contributed by atoms with van der Waals surface area (Å²) in [4.78, 5) is 3.99. The molecule has 0 aliphatic rings. The van der Waals surface area contributed by atoms with Crippen LogP contribution < -0.4 is 4.18 Å². The molecule has 0 radical (unpaired) electrons. The number of ether oxygens (including phenoxy) is 2. The molecule has 0 saturated carbocycles. The predicted octanol–water partition coefficient (Wildman–Crippen LogP) is 10.3. The molecule has 290 valence electrons. The van der Waals surface area contributed by atoms with Gasteiger partial charge < -0.3 is 22.4 Å². The van der Waals surface area contributed by atoms with Crippen LogP contribution in [0.2, 0.25) is 0 Å². The Kier molecular flexibility index (Phi) is 17.5. The van der Waals surface area contributed by atoms with Gasteiger partial charge in [0.25, 0.3) is 5.92 Å². The number of hydrogen-bond acceptors (Lipinski definition) is 7. The van der Waals surface area contributed by atoms with Crippen molar-refractivity contribution in [2.45, 2.75) is 71.7 Å². The quantitative estimate of drug-likeness (QED) is 0.0570. The van der Waals surface area contributed by atoms with E-state index in [1.807, 2.05) is 6.07 Å². The van der Waals surface area contributed by atoms with E-state index >= 15 is 0 Å². The second-order valence-electron chi connectivity index (χ2n) is 11.5. The van der Waals surface area contributed by atoms with E-state index in [0.717, 1.165) is 5.56 Å². The van der Waals surface area contributed by atoms with Crippen LogP contribution in [0.3, 0.4) is 0 Å². The molecule has 53 heavy (non-hydrogen) atoms. The van der Waals surface area contributed by atoms with E-state index in [2.05, 4.69) is 90.0 Å². The molecule has 0 saturated heterocycles. The van der Waals surface area contributed by atoms with Gasteiger partial charge in [0.05, 0.1) is 29.5 Å². The van der Waals surface area contributed by atoms with Crippen LogP contribution in [0, 0.1) is 13.3 Å². The van der Waals surface area contributed by atoms with Gasteiger partial charge in [0.15, 0.2) is 15.5 Å². The molecular weight excluding hydrogens is 925 g/mol. The molecule has 0 aliphatic heterocycles. The van der Waals surface area contributed by atoms with Crippen LogP contribution in [0.25, 0.3) is 0 Å². The van der Waals surface area contributed by atoms with Crippen LogP contribution in [0.1, 0.15) is 68.1 Å². The number of hydrogen-bond donors (Lipinski definition) is 0. The van der Waals surface area contributed by atoms with Crippen LogP contribution in [0.15, 0.2) is 112 Å². The van der Waals surface area contributed by atoms with Crippen LogP contribution >= 0.6 is 0 Å². The van der Waals surface area contributed by atoms with E-state index in [0.29, 0.717) is 5.56 Å². The monoisotopic (exact) mass is 965 g/mol. The fraction of sp³-hybridized carbons (Fsp3) is 0.297. The Bertz CT molecular complexity index is 1820. The average Bonchev–Trinajstić information content (AvgIpc) is 3.12. The predicted molar refractivity (Wildman–Crippen MR) is 184 cm³/mol. The molecule has 0 heterocycles. The normalized spacial score (nSPS) is 13.0. The Labute approximate surface area is 316 Å². The zero-order valence-electron chi connectivity index (χ0n) is 29.5. The third-order valence-corrected chi connectivity index (χ3v) is 11.1. The zero-order valence-corrected chi connectivity index (χ0v) is 33.6. The van der Waals surface area contributed by atoms with Crippen molar-refractivity contribution >= 4 is 21.0 Å².